The van der Waals surface area contributed by atoms with Crippen molar-refractivity contribution >= 4 is 34.1 Å². The van der Waals surface area contributed by atoms with E-state index in [0.29, 0.717) is 33.8 Å². The van der Waals surface area contributed by atoms with Gasteiger partial charge in [-0.25, -0.2) is 10.4 Å². The number of halogens is 1. The van der Waals surface area contributed by atoms with Crippen LogP contribution in [-0.2, 0) is 0 Å². The number of carbonyl (C=O) groups excluding carboxylic acids is 1. The second-order valence-electron chi connectivity index (χ2n) is 8.53. The van der Waals surface area contributed by atoms with Crippen molar-refractivity contribution in [3.63, 3.8) is 0 Å². The first kappa shape index (κ1) is 25.4. The van der Waals surface area contributed by atoms with Gasteiger partial charge in [-0.1, -0.05) is 74.3 Å². The van der Waals surface area contributed by atoms with Gasteiger partial charge in [0.15, 0.2) is 0 Å². The van der Waals surface area contributed by atoms with E-state index in [1.165, 1.54) is 0 Å². The van der Waals surface area contributed by atoms with Gasteiger partial charge in [-0.15, -0.1) is 0 Å². The van der Waals surface area contributed by atoms with Crippen molar-refractivity contribution in [1.82, 2.24) is 10.4 Å². The number of carbonyl (C=O) groups is 1. The Morgan fingerprint density at radius 3 is 2.47 bits per heavy atom. The maximum absolute atomic E-state index is 13.4. The normalized spacial score (nSPS) is 11.5. The minimum atomic E-state index is -0.307. The molecule has 1 aromatic heterocycles. The van der Waals surface area contributed by atoms with Crippen LogP contribution in [-0.4, -0.2) is 23.2 Å². The quantitative estimate of drug-likeness (QED) is 0.180. The van der Waals surface area contributed by atoms with E-state index in [1.54, 1.807) is 12.1 Å². The molecule has 1 N–H and O–H groups in total. The molecule has 0 aliphatic heterocycles. The van der Waals surface area contributed by atoms with Crippen molar-refractivity contribution in [2.45, 2.75) is 39.5 Å². The van der Waals surface area contributed by atoms with Gasteiger partial charge in [0.1, 0.15) is 5.75 Å². The van der Waals surface area contributed by atoms with E-state index >= 15 is 0 Å². The van der Waals surface area contributed by atoms with E-state index in [4.69, 9.17) is 21.3 Å². The number of para-hydroxylation sites is 1. The predicted molar refractivity (Wildman–Crippen MR) is 148 cm³/mol. The molecule has 4 rings (SSSR count). The molecule has 0 unspecified atom stereocenters. The monoisotopic (exact) mass is 499 g/mol. The van der Waals surface area contributed by atoms with E-state index in [9.17, 15) is 4.79 Å². The number of hydrogen-bond acceptors (Lipinski definition) is 4. The van der Waals surface area contributed by atoms with Crippen molar-refractivity contribution in [1.29, 1.82) is 0 Å². The van der Waals surface area contributed by atoms with Crippen molar-refractivity contribution in [2.75, 3.05) is 6.61 Å². The van der Waals surface area contributed by atoms with Crippen LogP contribution in [0.4, 0.5) is 0 Å². The van der Waals surface area contributed by atoms with Crippen LogP contribution < -0.4 is 10.2 Å². The molecular weight excluding hydrogens is 470 g/mol. The summed E-state index contributed by atoms with van der Waals surface area (Å²) in [5, 5.41) is 5.73. The highest BCUT2D eigenvalue weighted by molar-refractivity contribution is 6.35. The number of fused-ring (bicyclic) bond motifs is 1. The van der Waals surface area contributed by atoms with E-state index in [1.807, 2.05) is 66.7 Å². The van der Waals surface area contributed by atoms with Gasteiger partial charge in [-0.2, -0.15) is 5.10 Å². The summed E-state index contributed by atoms with van der Waals surface area (Å²) in [5.74, 6) is 0.520. The third kappa shape index (κ3) is 6.10. The van der Waals surface area contributed by atoms with Crippen LogP contribution in [0, 0.1) is 0 Å². The molecule has 0 fully saturated rings. The molecule has 0 radical (unpaired) electrons. The lowest BCUT2D eigenvalue weighted by Gasteiger charge is -2.12. The summed E-state index contributed by atoms with van der Waals surface area (Å²) in [7, 11) is 0. The van der Waals surface area contributed by atoms with Crippen LogP contribution in [0.2, 0.25) is 5.02 Å². The Kier molecular flexibility index (Phi) is 8.69. The number of rotatable bonds is 10. The van der Waals surface area contributed by atoms with Gasteiger partial charge >= 0.3 is 0 Å². The lowest BCUT2D eigenvalue weighted by Crippen LogP contribution is -2.21. The smallest absolute Gasteiger partial charge is 0.272 e. The van der Waals surface area contributed by atoms with Crippen LogP contribution >= 0.6 is 11.6 Å². The number of hydrogen-bond donors (Lipinski definition) is 1. The zero-order valence-corrected chi connectivity index (χ0v) is 21.4. The lowest BCUT2D eigenvalue weighted by molar-refractivity contribution is 0.0956. The summed E-state index contributed by atoms with van der Waals surface area (Å²) < 4.78 is 5.70. The maximum atomic E-state index is 13.4. The summed E-state index contributed by atoms with van der Waals surface area (Å²) >= 11 is 6.47. The van der Waals surface area contributed by atoms with E-state index in [0.717, 1.165) is 48.3 Å². The predicted octanol–water partition coefficient (Wildman–Crippen LogP) is 7.67. The molecule has 6 heteroatoms. The van der Waals surface area contributed by atoms with Crippen LogP contribution in [0.5, 0.6) is 5.75 Å². The SMILES string of the molecule is CCCCC(=NNC(=O)c1cc(-c2ccccc2)nc2c(Cl)cccc12)c1ccc(OCCC)cc1. The van der Waals surface area contributed by atoms with Crippen molar-refractivity contribution in [3.05, 3.63) is 95.0 Å². The van der Waals surface area contributed by atoms with Crippen LogP contribution in [0.15, 0.2) is 84.0 Å². The lowest BCUT2D eigenvalue weighted by atomic mass is 10.0. The van der Waals surface area contributed by atoms with E-state index in [2.05, 4.69) is 24.4 Å². The molecule has 0 atom stereocenters. The highest BCUT2D eigenvalue weighted by atomic mass is 35.5. The van der Waals surface area contributed by atoms with E-state index < -0.39 is 0 Å². The third-order valence-corrected chi connectivity index (χ3v) is 6.13. The molecule has 5 nitrogen and oxygen atoms in total. The van der Waals surface area contributed by atoms with Gasteiger partial charge < -0.3 is 4.74 Å². The maximum Gasteiger partial charge on any atom is 0.272 e. The minimum absolute atomic E-state index is 0.307. The number of nitrogens with zero attached hydrogens (tertiary/aromatic N) is 2. The average molecular weight is 500 g/mol. The average Bonchev–Trinajstić information content (AvgIpc) is 2.92. The number of nitrogens with one attached hydrogen (secondary N) is 1. The number of hydrazone groups is 1. The van der Waals surface area contributed by atoms with Crippen LogP contribution in [0.25, 0.3) is 22.2 Å². The number of ether oxygens (including phenoxy) is 1. The zero-order valence-electron chi connectivity index (χ0n) is 20.6. The first-order valence-electron chi connectivity index (χ1n) is 12.4. The first-order valence-corrected chi connectivity index (χ1v) is 12.7. The molecule has 4 aromatic rings. The molecule has 0 aliphatic rings. The van der Waals surface area contributed by atoms with Crippen molar-refractivity contribution < 1.29 is 9.53 Å². The van der Waals surface area contributed by atoms with E-state index in [-0.39, 0.29) is 5.91 Å². The number of aromatic nitrogens is 1. The summed E-state index contributed by atoms with van der Waals surface area (Å²) in [4.78, 5) is 18.2. The largest absolute Gasteiger partial charge is 0.494 e. The van der Waals surface area contributed by atoms with Gasteiger partial charge in [-0.05, 0) is 61.2 Å². The van der Waals surface area contributed by atoms with Gasteiger partial charge in [0.05, 0.1) is 34.1 Å². The Labute approximate surface area is 217 Å². The van der Waals surface area contributed by atoms with Crippen molar-refractivity contribution in [3.8, 4) is 17.0 Å². The summed E-state index contributed by atoms with van der Waals surface area (Å²) in [6.07, 6.45) is 3.70. The second kappa shape index (κ2) is 12.3. The third-order valence-electron chi connectivity index (χ3n) is 5.82. The second-order valence-corrected chi connectivity index (χ2v) is 8.94. The Hall–Kier alpha value is -3.70. The minimum Gasteiger partial charge on any atom is -0.494 e. The molecular formula is C30H30ClN3O2. The molecule has 0 saturated carbocycles. The Bertz CT molecular complexity index is 1350. The number of amides is 1. The summed E-state index contributed by atoms with van der Waals surface area (Å²) in [6.45, 7) is 4.90. The molecule has 1 heterocycles. The first-order chi connectivity index (χ1) is 17.6. The topological polar surface area (TPSA) is 63.6 Å². The Morgan fingerprint density at radius 2 is 1.75 bits per heavy atom. The summed E-state index contributed by atoms with van der Waals surface area (Å²) in [6, 6.07) is 24.9. The Balaban J connectivity index is 1.67. The molecule has 0 aliphatic carbocycles. The summed E-state index contributed by atoms with van der Waals surface area (Å²) in [5.41, 5.74) is 7.23. The highest BCUT2D eigenvalue weighted by Crippen LogP contribution is 2.29. The van der Waals surface area contributed by atoms with Gasteiger partial charge in [0.2, 0.25) is 0 Å². The molecule has 0 bridgehead atoms. The molecule has 0 saturated heterocycles. The number of unbranched alkanes of at least 4 members (excludes halogenated alkanes) is 1. The highest BCUT2D eigenvalue weighted by Gasteiger charge is 2.16. The number of pyridine rings is 1. The molecule has 3 aromatic carbocycles. The Morgan fingerprint density at radius 1 is 0.972 bits per heavy atom. The fraction of sp³-hybridized carbons (Fsp3) is 0.233. The molecule has 1 amide bonds. The standard InChI is InChI=1S/C30H30ClN3O2/c1-3-5-14-27(22-15-17-23(18-16-22)36-19-4-2)33-34-30(35)25-20-28(21-10-7-6-8-11-21)32-29-24(25)12-9-13-26(29)31/h6-13,15-18,20H,3-5,14,19H2,1-2H3,(H,34,35). The van der Waals surface area contributed by atoms with Crippen LogP contribution in [0.1, 0.15) is 55.5 Å². The van der Waals surface area contributed by atoms with Crippen LogP contribution in [0.3, 0.4) is 0 Å². The zero-order chi connectivity index (χ0) is 25.3. The van der Waals surface area contributed by atoms with Gasteiger partial charge in [0.25, 0.3) is 5.91 Å². The molecule has 0 spiro atoms. The number of benzene rings is 3. The molecule has 36 heavy (non-hydrogen) atoms. The fourth-order valence-electron chi connectivity index (χ4n) is 3.91. The van der Waals surface area contributed by atoms with Gasteiger partial charge in [-0.3, -0.25) is 4.79 Å². The van der Waals surface area contributed by atoms with Crippen molar-refractivity contribution in [2.24, 2.45) is 5.10 Å². The van der Waals surface area contributed by atoms with Gasteiger partial charge in [0, 0.05) is 10.9 Å². The molecule has 184 valence electrons. The fourth-order valence-corrected chi connectivity index (χ4v) is 4.13.